The van der Waals surface area contributed by atoms with Crippen LogP contribution in [0.3, 0.4) is 0 Å². The molecule has 0 aromatic carbocycles. The summed E-state index contributed by atoms with van der Waals surface area (Å²) in [5, 5.41) is 18.2. The minimum absolute atomic E-state index is 0.0876. The highest BCUT2D eigenvalue weighted by Gasteiger charge is 2.32. The molecule has 102 valence electrons. The Morgan fingerprint density at radius 2 is 1.82 bits per heavy atom. The van der Waals surface area contributed by atoms with Crippen molar-refractivity contribution in [2.75, 3.05) is 46.6 Å². The molecule has 1 aliphatic rings. The molecule has 4 nitrogen and oxygen atoms in total. The molecule has 1 saturated carbocycles. The zero-order chi connectivity index (χ0) is 12.6. The minimum Gasteiger partial charge on any atom is -0.396 e. The van der Waals surface area contributed by atoms with Crippen LogP contribution in [-0.2, 0) is 4.74 Å². The highest BCUT2D eigenvalue weighted by molar-refractivity contribution is 4.84. The summed E-state index contributed by atoms with van der Waals surface area (Å²) in [5.41, 5.74) is 0.115. The monoisotopic (exact) mass is 245 g/mol. The van der Waals surface area contributed by atoms with E-state index in [1.807, 2.05) is 0 Å². The highest BCUT2D eigenvalue weighted by Crippen LogP contribution is 2.36. The first-order chi connectivity index (χ1) is 8.22. The lowest BCUT2D eigenvalue weighted by molar-refractivity contribution is 0.0312. The van der Waals surface area contributed by atoms with E-state index in [1.54, 1.807) is 0 Å². The first kappa shape index (κ1) is 14.9. The Labute approximate surface area is 105 Å². The summed E-state index contributed by atoms with van der Waals surface area (Å²) >= 11 is 0. The lowest BCUT2D eigenvalue weighted by Crippen LogP contribution is -2.41. The zero-order valence-corrected chi connectivity index (χ0v) is 11.0. The van der Waals surface area contributed by atoms with E-state index in [2.05, 4.69) is 11.9 Å². The zero-order valence-electron chi connectivity index (χ0n) is 11.0. The summed E-state index contributed by atoms with van der Waals surface area (Å²) in [6.07, 6.45) is 6.09. The van der Waals surface area contributed by atoms with E-state index in [0.29, 0.717) is 19.8 Å². The van der Waals surface area contributed by atoms with E-state index in [9.17, 15) is 5.11 Å². The van der Waals surface area contributed by atoms with Gasteiger partial charge < -0.3 is 19.8 Å². The molecular formula is C13H27NO3. The first-order valence-corrected chi connectivity index (χ1v) is 6.70. The fraction of sp³-hybridized carbons (Fsp3) is 1.00. The molecule has 2 N–H and O–H groups in total. The van der Waals surface area contributed by atoms with Crippen LogP contribution in [0, 0.1) is 5.41 Å². The van der Waals surface area contributed by atoms with Gasteiger partial charge in [0.2, 0.25) is 0 Å². The van der Waals surface area contributed by atoms with E-state index in [4.69, 9.17) is 9.84 Å². The predicted octanol–water partition coefficient (Wildman–Crippen LogP) is 0.870. The molecule has 0 aromatic heterocycles. The third kappa shape index (κ3) is 5.34. The third-order valence-corrected chi connectivity index (χ3v) is 3.71. The number of hydrogen-bond acceptors (Lipinski definition) is 4. The fourth-order valence-electron chi connectivity index (χ4n) is 2.71. The number of aliphatic hydroxyl groups excluding tert-OH is 2. The van der Waals surface area contributed by atoms with Gasteiger partial charge in [-0.05, 0) is 19.9 Å². The number of aliphatic hydroxyl groups is 2. The molecule has 0 saturated heterocycles. The summed E-state index contributed by atoms with van der Waals surface area (Å²) in [4.78, 5) is 2.24. The lowest BCUT2D eigenvalue weighted by Gasteiger charge is -2.38. The van der Waals surface area contributed by atoms with Crippen molar-refractivity contribution >= 4 is 0 Å². The summed E-state index contributed by atoms with van der Waals surface area (Å²) in [6, 6.07) is 0. The number of ether oxygens (including phenoxy) is 1. The molecule has 0 radical (unpaired) electrons. The van der Waals surface area contributed by atoms with Crippen LogP contribution in [0.4, 0.5) is 0 Å². The van der Waals surface area contributed by atoms with Crippen LogP contribution in [0.2, 0.25) is 0 Å². The Kier molecular flexibility index (Phi) is 7.04. The lowest BCUT2D eigenvalue weighted by atomic mass is 9.74. The van der Waals surface area contributed by atoms with Crippen LogP contribution in [0.25, 0.3) is 0 Å². The van der Waals surface area contributed by atoms with Crippen molar-refractivity contribution in [3.8, 4) is 0 Å². The molecular weight excluding hydrogens is 218 g/mol. The molecule has 0 heterocycles. The maximum absolute atomic E-state index is 9.61. The van der Waals surface area contributed by atoms with Crippen LogP contribution < -0.4 is 0 Å². The smallest absolute Gasteiger partial charge is 0.0698 e. The number of likely N-dealkylation sites (N-methyl/N-ethyl adjacent to an activating group) is 1. The predicted molar refractivity (Wildman–Crippen MR) is 68.0 cm³/mol. The van der Waals surface area contributed by atoms with Crippen molar-refractivity contribution in [3.63, 3.8) is 0 Å². The average Bonchev–Trinajstić information content (AvgIpc) is 2.36. The number of rotatable bonds is 8. The van der Waals surface area contributed by atoms with Crippen LogP contribution in [0.1, 0.15) is 32.1 Å². The summed E-state index contributed by atoms with van der Waals surface area (Å²) in [7, 11) is 2.08. The SMILES string of the molecule is CN(CCOCCO)CC1(CO)CCCCC1. The quantitative estimate of drug-likeness (QED) is 0.623. The molecule has 1 aliphatic carbocycles. The van der Waals surface area contributed by atoms with Gasteiger partial charge in [-0.1, -0.05) is 19.3 Å². The van der Waals surface area contributed by atoms with Crippen molar-refractivity contribution in [1.82, 2.24) is 4.90 Å². The number of nitrogens with zero attached hydrogens (tertiary/aromatic N) is 1. The molecule has 1 fully saturated rings. The van der Waals surface area contributed by atoms with Crippen LogP contribution in [0.5, 0.6) is 0 Å². The van der Waals surface area contributed by atoms with Gasteiger partial charge in [-0.15, -0.1) is 0 Å². The van der Waals surface area contributed by atoms with Gasteiger partial charge >= 0.3 is 0 Å². The molecule has 0 aromatic rings. The van der Waals surface area contributed by atoms with Gasteiger partial charge in [0, 0.05) is 25.1 Å². The molecule has 0 atom stereocenters. The number of hydrogen-bond donors (Lipinski definition) is 2. The Morgan fingerprint density at radius 3 is 2.41 bits per heavy atom. The Bertz CT molecular complexity index is 193. The van der Waals surface area contributed by atoms with E-state index < -0.39 is 0 Å². The van der Waals surface area contributed by atoms with Gasteiger partial charge in [0.15, 0.2) is 0 Å². The Hall–Kier alpha value is -0.160. The van der Waals surface area contributed by atoms with Crippen LogP contribution in [-0.4, -0.2) is 61.7 Å². The van der Waals surface area contributed by atoms with Crippen molar-refractivity contribution < 1.29 is 14.9 Å². The molecule has 0 amide bonds. The van der Waals surface area contributed by atoms with Gasteiger partial charge in [0.1, 0.15) is 0 Å². The van der Waals surface area contributed by atoms with Crippen LogP contribution in [0.15, 0.2) is 0 Å². The van der Waals surface area contributed by atoms with Gasteiger partial charge in [0.25, 0.3) is 0 Å². The van der Waals surface area contributed by atoms with Crippen LogP contribution >= 0.6 is 0 Å². The molecule has 17 heavy (non-hydrogen) atoms. The topological polar surface area (TPSA) is 52.9 Å². The van der Waals surface area contributed by atoms with E-state index in [0.717, 1.165) is 25.9 Å². The second kappa shape index (κ2) is 8.03. The van der Waals surface area contributed by atoms with E-state index in [1.165, 1.54) is 19.3 Å². The van der Waals surface area contributed by atoms with Gasteiger partial charge in [-0.25, -0.2) is 0 Å². The molecule has 4 heteroatoms. The maximum atomic E-state index is 9.61. The van der Waals surface area contributed by atoms with Crippen molar-refractivity contribution in [1.29, 1.82) is 0 Å². The Balaban J connectivity index is 2.24. The average molecular weight is 245 g/mol. The van der Waals surface area contributed by atoms with Crippen molar-refractivity contribution in [2.45, 2.75) is 32.1 Å². The van der Waals surface area contributed by atoms with Gasteiger partial charge in [0.05, 0.1) is 19.8 Å². The minimum atomic E-state index is 0.0876. The summed E-state index contributed by atoms with van der Waals surface area (Å²) in [5.74, 6) is 0. The van der Waals surface area contributed by atoms with Gasteiger partial charge in [-0.3, -0.25) is 0 Å². The van der Waals surface area contributed by atoms with E-state index >= 15 is 0 Å². The molecule has 0 aliphatic heterocycles. The van der Waals surface area contributed by atoms with Crippen molar-refractivity contribution in [2.24, 2.45) is 5.41 Å². The summed E-state index contributed by atoms with van der Waals surface area (Å²) in [6.45, 7) is 3.27. The maximum Gasteiger partial charge on any atom is 0.0698 e. The molecule has 1 rings (SSSR count). The third-order valence-electron chi connectivity index (χ3n) is 3.71. The standard InChI is InChI=1S/C13H27NO3/c1-14(7-9-17-10-8-15)11-13(12-16)5-3-2-4-6-13/h15-16H,2-12H2,1H3. The van der Waals surface area contributed by atoms with Gasteiger partial charge in [-0.2, -0.15) is 0 Å². The Morgan fingerprint density at radius 1 is 1.12 bits per heavy atom. The second-order valence-electron chi connectivity index (χ2n) is 5.29. The molecule has 0 spiro atoms. The normalized spacial score (nSPS) is 19.8. The second-order valence-corrected chi connectivity index (χ2v) is 5.29. The highest BCUT2D eigenvalue weighted by atomic mass is 16.5. The largest absolute Gasteiger partial charge is 0.396 e. The molecule has 0 bridgehead atoms. The van der Waals surface area contributed by atoms with Crippen molar-refractivity contribution in [3.05, 3.63) is 0 Å². The molecule has 0 unspecified atom stereocenters. The fourth-order valence-corrected chi connectivity index (χ4v) is 2.71. The van der Waals surface area contributed by atoms with E-state index in [-0.39, 0.29) is 12.0 Å². The summed E-state index contributed by atoms with van der Waals surface area (Å²) < 4.78 is 5.26. The first-order valence-electron chi connectivity index (χ1n) is 6.70.